The molecule has 0 unspecified atom stereocenters. The topological polar surface area (TPSA) is 51.7 Å². The first-order chi connectivity index (χ1) is 13.1. The highest BCUT2D eigenvalue weighted by atomic mass is 32.1. The van der Waals surface area contributed by atoms with E-state index in [1.165, 1.54) is 22.3 Å². The molecule has 7 heteroatoms. The molecule has 1 amide bonds. The largest absolute Gasteiger partial charge is 0.489 e. The van der Waals surface area contributed by atoms with Gasteiger partial charge in [0.15, 0.2) is 11.6 Å². The molecule has 27 heavy (non-hydrogen) atoms. The number of carbonyl (C=O) groups excluding carboxylic acids is 1. The first-order valence-electron chi connectivity index (χ1n) is 8.36. The van der Waals surface area contributed by atoms with E-state index in [1.807, 2.05) is 5.38 Å². The summed E-state index contributed by atoms with van der Waals surface area (Å²) < 4.78 is 24.5. The normalized spacial score (nSPS) is 10.4. The van der Waals surface area contributed by atoms with Gasteiger partial charge in [0.2, 0.25) is 0 Å². The van der Waals surface area contributed by atoms with Crippen molar-refractivity contribution in [1.29, 1.82) is 0 Å². The molecule has 0 saturated heterocycles. The minimum Gasteiger partial charge on any atom is -0.489 e. The van der Waals surface area contributed by atoms with Gasteiger partial charge in [0, 0.05) is 18.0 Å². The molecule has 5 nitrogen and oxygen atoms in total. The number of nitrogens with zero attached hydrogens (tertiary/aromatic N) is 2. The van der Waals surface area contributed by atoms with Crippen LogP contribution < -0.4 is 9.47 Å². The Morgan fingerprint density at radius 2 is 1.93 bits per heavy atom. The van der Waals surface area contributed by atoms with E-state index in [2.05, 4.69) is 4.98 Å². The molecule has 0 spiro atoms. The van der Waals surface area contributed by atoms with Crippen molar-refractivity contribution in [2.24, 2.45) is 0 Å². The van der Waals surface area contributed by atoms with Gasteiger partial charge in [-0.3, -0.25) is 4.79 Å². The summed E-state index contributed by atoms with van der Waals surface area (Å²) >= 11 is 1.52. The Bertz CT molecular complexity index is 869. The molecule has 2 aromatic carbocycles. The molecule has 1 aromatic heterocycles. The molecule has 3 rings (SSSR count). The second-order valence-electron chi connectivity index (χ2n) is 5.80. The van der Waals surface area contributed by atoms with E-state index in [0.29, 0.717) is 24.5 Å². The van der Waals surface area contributed by atoms with E-state index in [-0.39, 0.29) is 18.3 Å². The lowest BCUT2D eigenvalue weighted by atomic mass is 10.2. The number of benzene rings is 2. The summed E-state index contributed by atoms with van der Waals surface area (Å²) in [5, 5.41) is 1.93. The van der Waals surface area contributed by atoms with Crippen molar-refractivity contribution < 1.29 is 18.7 Å². The van der Waals surface area contributed by atoms with Gasteiger partial charge in [-0.2, -0.15) is 0 Å². The number of halogens is 1. The van der Waals surface area contributed by atoms with Crippen LogP contribution in [-0.2, 0) is 6.61 Å². The number of rotatable bonds is 8. The monoisotopic (exact) mass is 386 g/mol. The Morgan fingerprint density at radius 3 is 2.63 bits per heavy atom. The number of amides is 1. The average Bonchev–Trinajstić information content (AvgIpc) is 3.21. The maximum atomic E-state index is 13.5. The number of thiazole rings is 1. The molecular weight excluding hydrogens is 367 g/mol. The zero-order chi connectivity index (χ0) is 19.1. The summed E-state index contributed by atoms with van der Waals surface area (Å²) in [6.07, 6.45) is 0. The minimum atomic E-state index is -0.417. The van der Waals surface area contributed by atoms with Gasteiger partial charge in [0.25, 0.3) is 5.91 Å². The van der Waals surface area contributed by atoms with E-state index in [9.17, 15) is 9.18 Å². The van der Waals surface area contributed by atoms with Gasteiger partial charge < -0.3 is 14.4 Å². The fourth-order valence-electron chi connectivity index (χ4n) is 2.34. The van der Waals surface area contributed by atoms with Crippen LogP contribution in [0.25, 0.3) is 0 Å². The molecule has 1 heterocycles. The van der Waals surface area contributed by atoms with Gasteiger partial charge in [-0.05, 0) is 36.4 Å². The molecule has 3 aromatic rings. The molecule has 0 aliphatic rings. The van der Waals surface area contributed by atoms with Gasteiger partial charge in [0.1, 0.15) is 19.0 Å². The number of para-hydroxylation sites is 1. The average molecular weight is 386 g/mol. The van der Waals surface area contributed by atoms with Gasteiger partial charge >= 0.3 is 0 Å². The van der Waals surface area contributed by atoms with E-state index >= 15 is 0 Å². The Kier molecular flexibility index (Phi) is 6.38. The van der Waals surface area contributed by atoms with Crippen molar-refractivity contribution in [3.8, 4) is 11.5 Å². The molecule has 140 valence electrons. The van der Waals surface area contributed by atoms with Crippen LogP contribution in [0.4, 0.5) is 4.39 Å². The van der Waals surface area contributed by atoms with Crippen LogP contribution in [0, 0.1) is 5.82 Å². The van der Waals surface area contributed by atoms with Crippen molar-refractivity contribution in [2.45, 2.75) is 6.61 Å². The number of hydrogen-bond donors (Lipinski definition) is 0. The van der Waals surface area contributed by atoms with Crippen LogP contribution in [0.15, 0.2) is 59.4 Å². The highest BCUT2D eigenvalue weighted by molar-refractivity contribution is 7.07. The third kappa shape index (κ3) is 5.27. The molecule has 0 N–H and O–H groups in total. The van der Waals surface area contributed by atoms with Crippen molar-refractivity contribution in [1.82, 2.24) is 9.88 Å². The predicted octanol–water partition coefficient (Wildman–Crippen LogP) is 4.01. The molecule has 0 aliphatic carbocycles. The van der Waals surface area contributed by atoms with Crippen molar-refractivity contribution in [3.63, 3.8) is 0 Å². The van der Waals surface area contributed by atoms with Crippen LogP contribution in [0.1, 0.15) is 16.1 Å². The SMILES string of the molecule is CN(CCOc1ccccc1F)C(=O)c1ccc(OCc2cscn2)cc1. The number of aromatic nitrogens is 1. The van der Waals surface area contributed by atoms with Gasteiger partial charge in [-0.15, -0.1) is 11.3 Å². The van der Waals surface area contributed by atoms with Crippen molar-refractivity contribution >= 4 is 17.2 Å². The molecule has 0 aliphatic heterocycles. The standard InChI is InChI=1S/C20H19FN2O3S/c1-23(10-11-25-19-5-3-2-4-18(19)21)20(24)15-6-8-17(9-7-15)26-12-16-13-27-14-22-16/h2-9,13-14H,10-12H2,1H3. The van der Waals surface area contributed by atoms with Crippen LogP contribution in [0.3, 0.4) is 0 Å². The summed E-state index contributed by atoms with van der Waals surface area (Å²) in [7, 11) is 1.68. The van der Waals surface area contributed by atoms with Crippen LogP contribution >= 0.6 is 11.3 Å². The Morgan fingerprint density at radius 1 is 1.15 bits per heavy atom. The smallest absolute Gasteiger partial charge is 0.253 e. The molecule has 0 saturated carbocycles. The first kappa shape index (κ1) is 18.8. The van der Waals surface area contributed by atoms with Crippen LogP contribution in [0.2, 0.25) is 0 Å². The molecule has 0 radical (unpaired) electrons. The molecular formula is C20H19FN2O3S. The zero-order valence-corrected chi connectivity index (χ0v) is 15.6. The maximum absolute atomic E-state index is 13.5. The lowest BCUT2D eigenvalue weighted by molar-refractivity contribution is 0.0773. The summed E-state index contributed by atoms with van der Waals surface area (Å²) in [6.45, 7) is 0.942. The van der Waals surface area contributed by atoms with E-state index < -0.39 is 5.82 Å². The van der Waals surface area contributed by atoms with Gasteiger partial charge in [-0.1, -0.05) is 12.1 Å². The van der Waals surface area contributed by atoms with Crippen LogP contribution in [-0.4, -0.2) is 36.0 Å². The summed E-state index contributed by atoms with van der Waals surface area (Å²) in [6, 6.07) is 13.1. The molecule has 0 atom stereocenters. The first-order valence-corrected chi connectivity index (χ1v) is 9.30. The zero-order valence-electron chi connectivity index (χ0n) is 14.8. The van der Waals surface area contributed by atoms with Crippen molar-refractivity contribution in [3.05, 3.63) is 76.5 Å². The summed E-state index contributed by atoms with van der Waals surface area (Å²) in [5.41, 5.74) is 3.17. The van der Waals surface area contributed by atoms with Gasteiger partial charge in [0.05, 0.1) is 17.7 Å². The Hall–Kier alpha value is -2.93. The van der Waals surface area contributed by atoms with Crippen LogP contribution in [0.5, 0.6) is 11.5 Å². The lowest BCUT2D eigenvalue weighted by Crippen LogP contribution is -2.30. The second-order valence-corrected chi connectivity index (χ2v) is 6.52. The predicted molar refractivity (Wildman–Crippen MR) is 102 cm³/mol. The minimum absolute atomic E-state index is 0.141. The van der Waals surface area contributed by atoms with E-state index in [4.69, 9.17) is 9.47 Å². The van der Waals surface area contributed by atoms with Crippen molar-refractivity contribution in [2.75, 3.05) is 20.2 Å². The Labute approximate surface area is 161 Å². The van der Waals surface area contributed by atoms with Gasteiger partial charge in [-0.25, -0.2) is 9.37 Å². The Balaban J connectivity index is 1.48. The number of ether oxygens (including phenoxy) is 2. The number of carbonyl (C=O) groups is 1. The maximum Gasteiger partial charge on any atom is 0.253 e. The van der Waals surface area contributed by atoms with E-state index in [0.717, 1.165) is 5.69 Å². The van der Waals surface area contributed by atoms with E-state index in [1.54, 1.807) is 55.0 Å². The molecule has 0 bridgehead atoms. The highest BCUT2D eigenvalue weighted by Crippen LogP contribution is 2.17. The third-order valence-electron chi connectivity index (χ3n) is 3.84. The fraction of sp³-hybridized carbons (Fsp3) is 0.200. The molecule has 0 fully saturated rings. The highest BCUT2D eigenvalue weighted by Gasteiger charge is 2.12. The number of likely N-dealkylation sites (N-methyl/N-ethyl adjacent to an activating group) is 1. The second kappa shape index (κ2) is 9.14. The summed E-state index contributed by atoms with van der Waals surface area (Å²) in [5.74, 6) is 0.294. The third-order valence-corrected chi connectivity index (χ3v) is 4.47. The lowest BCUT2D eigenvalue weighted by Gasteiger charge is -2.18. The fourth-order valence-corrected chi connectivity index (χ4v) is 2.88. The quantitative estimate of drug-likeness (QED) is 0.587. The number of hydrogen-bond acceptors (Lipinski definition) is 5. The summed E-state index contributed by atoms with van der Waals surface area (Å²) in [4.78, 5) is 18.1.